The predicted octanol–water partition coefficient (Wildman–Crippen LogP) is 2.17. The highest BCUT2D eigenvalue weighted by atomic mass is 16.3. The first-order valence-electron chi connectivity index (χ1n) is 6.07. The van der Waals surface area contributed by atoms with Gasteiger partial charge in [0.15, 0.2) is 0 Å². The van der Waals surface area contributed by atoms with Gasteiger partial charge in [-0.2, -0.15) is 0 Å². The third-order valence-corrected chi connectivity index (χ3v) is 3.21. The van der Waals surface area contributed by atoms with E-state index in [2.05, 4.69) is 12.2 Å². The number of nitrogens with one attached hydrogen (secondary N) is 1. The molecular formula is C12H25NO. The van der Waals surface area contributed by atoms with Gasteiger partial charge in [-0.3, -0.25) is 0 Å². The zero-order valence-corrected chi connectivity index (χ0v) is 9.63. The molecule has 0 aromatic rings. The van der Waals surface area contributed by atoms with Gasteiger partial charge in [-0.15, -0.1) is 0 Å². The van der Waals surface area contributed by atoms with E-state index >= 15 is 0 Å². The van der Waals surface area contributed by atoms with Crippen molar-refractivity contribution in [3.05, 3.63) is 0 Å². The van der Waals surface area contributed by atoms with E-state index in [0.29, 0.717) is 0 Å². The molecule has 1 rings (SSSR count). The summed E-state index contributed by atoms with van der Waals surface area (Å²) in [6.45, 7) is 6.01. The summed E-state index contributed by atoms with van der Waals surface area (Å²) < 4.78 is 0. The van der Waals surface area contributed by atoms with E-state index in [4.69, 9.17) is 5.11 Å². The molecule has 0 amide bonds. The summed E-state index contributed by atoms with van der Waals surface area (Å²) in [7, 11) is 0. The third kappa shape index (κ3) is 4.97. The minimum atomic E-state index is -0.208. The zero-order chi connectivity index (χ0) is 10.4. The molecule has 0 aromatic carbocycles. The quantitative estimate of drug-likeness (QED) is 0.665. The molecule has 0 aromatic heterocycles. The Morgan fingerprint density at radius 3 is 2.86 bits per heavy atom. The first kappa shape index (κ1) is 12.0. The second-order valence-corrected chi connectivity index (χ2v) is 4.98. The van der Waals surface area contributed by atoms with Crippen LogP contribution in [-0.4, -0.2) is 24.3 Å². The van der Waals surface area contributed by atoms with Gasteiger partial charge in [0.05, 0.1) is 6.10 Å². The molecule has 2 N–H and O–H groups in total. The summed E-state index contributed by atoms with van der Waals surface area (Å²) in [5, 5.41) is 12.4. The standard InChI is InChI=1S/C12H25NO/c1-10-4-3-5-12(8-10)6-7-13-9-11(2)14/h10-14H,3-9H2,1-2H3/t10?,11-,12?/m1/s1. The second kappa shape index (κ2) is 6.41. The summed E-state index contributed by atoms with van der Waals surface area (Å²) >= 11 is 0. The number of aliphatic hydroxyl groups is 1. The van der Waals surface area contributed by atoms with Crippen LogP contribution < -0.4 is 5.32 Å². The number of hydrogen-bond acceptors (Lipinski definition) is 2. The molecule has 3 atom stereocenters. The van der Waals surface area contributed by atoms with E-state index < -0.39 is 0 Å². The minimum absolute atomic E-state index is 0.208. The van der Waals surface area contributed by atoms with Gasteiger partial charge in [0, 0.05) is 6.54 Å². The molecule has 0 radical (unpaired) electrons. The molecule has 0 heterocycles. The maximum atomic E-state index is 9.07. The maximum Gasteiger partial charge on any atom is 0.0636 e. The van der Waals surface area contributed by atoms with Crippen LogP contribution in [0, 0.1) is 11.8 Å². The van der Waals surface area contributed by atoms with Gasteiger partial charge in [0.2, 0.25) is 0 Å². The molecule has 1 fully saturated rings. The lowest BCUT2D eigenvalue weighted by atomic mass is 9.81. The van der Waals surface area contributed by atoms with Gasteiger partial charge >= 0.3 is 0 Å². The Bertz CT molecular complexity index is 147. The Balaban J connectivity index is 2.00. The van der Waals surface area contributed by atoms with Crippen molar-refractivity contribution in [2.24, 2.45) is 11.8 Å². The summed E-state index contributed by atoms with van der Waals surface area (Å²) in [5.74, 6) is 1.87. The number of rotatable bonds is 5. The first-order chi connectivity index (χ1) is 6.68. The van der Waals surface area contributed by atoms with Crippen LogP contribution in [0.25, 0.3) is 0 Å². The van der Waals surface area contributed by atoms with E-state index in [1.54, 1.807) is 0 Å². The van der Waals surface area contributed by atoms with E-state index in [1.165, 1.54) is 32.1 Å². The SMILES string of the molecule is CC1CCCC(CCNC[C@@H](C)O)C1. The van der Waals surface area contributed by atoms with Crippen molar-refractivity contribution in [2.45, 2.75) is 52.1 Å². The minimum Gasteiger partial charge on any atom is -0.392 e. The van der Waals surface area contributed by atoms with Crippen molar-refractivity contribution in [1.29, 1.82) is 0 Å². The van der Waals surface area contributed by atoms with Crippen LogP contribution in [0.4, 0.5) is 0 Å². The highest BCUT2D eigenvalue weighted by Gasteiger charge is 2.17. The van der Waals surface area contributed by atoms with E-state index in [0.717, 1.165) is 24.9 Å². The highest BCUT2D eigenvalue weighted by molar-refractivity contribution is 4.71. The van der Waals surface area contributed by atoms with Crippen molar-refractivity contribution < 1.29 is 5.11 Å². The van der Waals surface area contributed by atoms with Crippen molar-refractivity contribution in [2.75, 3.05) is 13.1 Å². The molecule has 2 nitrogen and oxygen atoms in total. The van der Waals surface area contributed by atoms with Gasteiger partial charge in [-0.25, -0.2) is 0 Å². The lowest BCUT2D eigenvalue weighted by molar-refractivity contribution is 0.188. The van der Waals surface area contributed by atoms with E-state index in [9.17, 15) is 0 Å². The van der Waals surface area contributed by atoms with Crippen molar-refractivity contribution in [3.63, 3.8) is 0 Å². The fourth-order valence-corrected chi connectivity index (χ4v) is 2.44. The van der Waals surface area contributed by atoms with Gasteiger partial charge < -0.3 is 10.4 Å². The largest absolute Gasteiger partial charge is 0.392 e. The van der Waals surface area contributed by atoms with Gasteiger partial charge in [0.1, 0.15) is 0 Å². The van der Waals surface area contributed by atoms with Gasteiger partial charge in [-0.1, -0.05) is 26.2 Å². The summed E-state index contributed by atoms with van der Waals surface area (Å²) in [6, 6.07) is 0. The van der Waals surface area contributed by atoms with E-state index in [-0.39, 0.29) is 6.10 Å². The number of aliphatic hydroxyl groups excluding tert-OH is 1. The van der Waals surface area contributed by atoms with Crippen molar-refractivity contribution in [1.82, 2.24) is 5.32 Å². The molecule has 1 aliphatic rings. The van der Waals surface area contributed by atoms with Crippen molar-refractivity contribution >= 4 is 0 Å². The first-order valence-corrected chi connectivity index (χ1v) is 6.07. The fraction of sp³-hybridized carbons (Fsp3) is 1.00. The Morgan fingerprint density at radius 1 is 1.43 bits per heavy atom. The molecule has 0 bridgehead atoms. The summed E-state index contributed by atoms with van der Waals surface area (Å²) in [6.07, 6.45) is 6.76. The molecule has 0 aliphatic heterocycles. The summed E-state index contributed by atoms with van der Waals surface area (Å²) in [5.41, 5.74) is 0. The predicted molar refractivity (Wildman–Crippen MR) is 60.3 cm³/mol. The fourth-order valence-electron chi connectivity index (χ4n) is 2.44. The molecule has 2 unspecified atom stereocenters. The zero-order valence-electron chi connectivity index (χ0n) is 9.63. The molecule has 2 heteroatoms. The Labute approximate surface area is 88.1 Å². The molecule has 84 valence electrons. The van der Waals surface area contributed by atoms with Crippen LogP contribution in [0.5, 0.6) is 0 Å². The molecule has 1 saturated carbocycles. The monoisotopic (exact) mass is 199 g/mol. The molecule has 14 heavy (non-hydrogen) atoms. The van der Waals surface area contributed by atoms with Crippen LogP contribution >= 0.6 is 0 Å². The smallest absolute Gasteiger partial charge is 0.0636 e. The lowest BCUT2D eigenvalue weighted by Gasteiger charge is -2.26. The van der Waals surface area contributed by atoms with Gasteiger partial charge in [-0.05, 0) is 38.1 Å². The third-order valence-electron chi connectivity index (χ3n) is 3.21. The van der Waals surface area contributed by atoms with Gasteiger partial charge in [0.25, 0.3) is 0 Å². The maximum absolute atomic E-state index is 9.07. The van der Waals surface area contributed by atoms with E-state index in [1.807, 2.05) is 6.92 Å². The Kier molecular flexibility index (Phi) is 5.49. The normalized spacial score (nSPS) is 30.2. The van der Waals surface area contributed by atoms with Crippen molar-refractivity contribution in [3.8, 4) is 0 Å². The Hall–Kier alpha value is -0.0800. The molecular weight excluding hydrogens is 174 g/mol. The molecule has 1 aliphatic carbocycles. The highest BCUT2D eigenvalue weighted by Crippen LogP contribution is 2.30. The lowest BCUT2D eigenvalue weighted by Crippen LogP contribution is -2.27. The Morgan fingerprint density at radius 2 is 2.21 bits per heavy atom. The number of hydrogen-bond donors (Lipinski definition) is 2. The average molecular weight is 199 g/mol. The van der Waals surface area contributed by atoms with Crippen LogP contribution in [0.2, 0.25) is 0 Å². The van der Waals surface area contributed by atoms with Crippen LogP contribution in [-0.2, 0) is 0 Å². The second-order valence-electron chi connectivity index (χ2n) is 4.98. The molecule has 0 spiro atoms. The topological polar surface area (TPSA) is 32.3 Å². The molecule has 0 saturated heterocycles. The summed E-state index contributed by atoms with van der Waals surface area (Å²) in [4.78, 5) is 0. The van der Waals surface area contributed by atoms with Crippen LogP contribution in [0.1, 0.15) is 46.0 Å². The average Bonchev–Trinajstić information content (AvgIpc) is 2.12. The van der Waals surface area contributed by atoms with Crippen LogP contribution in [0.15, 0.2) is 0 Å². The van der Waals surface area contributed by atoms with Crippen LogP contribution in [0.3, 0.4) is 0 Å².